The van der Waals surface area contributed by atoms with E-state index in [1.165, 1.54) is 5.56 Å². The van der Waals surface area contributed by atoms with Crippen molar-refractivity contribution < 1.29 is 4.79 Å². The van der Waals surface area contributed by atoms with Crippen LogP contribution in [0.1, 0.15) is 22.8 Å². The van der Waals surface area contributed by atoms with E-state index in [-0.39, 0.29) is 0 Å². The molecule has 0 unspecified atom stereocenters. The van der Waals surface area contributed by atoms with E-state index in [0.29, 0.717) is 10.6 Å². The van der Waals surface area contributed by atoms with Crippen molar-refractivity contribution in [3.05, 3.63) is 64.7 Å². The van der Waals surface area contributed by atoms with E-state index < -0.39 is 0 Å². The first-order valence-corrected chi connectivity index (χ1v) is 6.66. The molecule has 0 saturated carbocycles. The van der Waals surface area contributed by atoms with Gasteiger partial charge in [-0.05, 0) is 30.7 Å². The van der Waals surface area contributed by atoms with Crippen LogP contribution in [0.3, 0.4) is 0 Å². The second kappa shape index (κ2) is 6.39. The summed E-state index contributed by atoms with van der Waals surface area (Å²) in [4.78, 5) is 13.3. The molecule has 0 heterocycles. The molecule has 0 amide bonds. The highest BCUT2D eigenvalue weighted by Gasteiger charge is 2.10. The summed E-state index contributed by atoms with van der Waals surface area (Å²) in [5.74, 6) is 0. The minimum Gasteiger partial charge on any atom is -0.367 e. The quantitative estimate of drug-likeness (QED) is 0.762. The Balaban J connectivity index is 2.29. The van der Waals surface area contributed by atoms with Gasteiger partial charge >= 0.3 is 0 Å². The maximum Gasteiger partial charge on any atom is 0.152 e. The van der Waals surface area contributed by atoms with Crippen molar-refractivity contribution in [2.45, 2.75) is 13.5 Å². The zero-order valence-corrected chi connectivity index (χ0v) is 11.6. The monoisotopic (exact) mass is 273 g/mol. The van der Waals surface area contributed by atoms with Crippen LogP contribution in [0.15, 0.2) is 48.5 Å². The van der Waals surface area contributed by atoms with E-state index in [4.69, 9.17) is 11.6 Å². The van der Waals surface area contributed by atoms with Gasteiger partial charge in [-0.15, -0.1) is 0 Å². The Labute approximate surface area is 118 Å². The van der Waals surface area contributed by atoms with Crippen LogP contribution < -0.4 is 4.90 Å². The summed E-state index contributed by atoms with van der Waals surface area (Å²) in [6.07, 6.45) is 0.856. The van der Waals surface area contributed by atoms with Gasteiger partial charge in [-0.1, -0.05) is 41.9 Å². The van der Waals surface area contributed by atoms with E-state index >= 15 is 0 Å². The van der Waals surface area contributed by atoms with Gasteiger partial charge in [0.25, 0.3) is 0 Å². The molecule has 0 bridgehead atoms. The Morgan fingerprint density at radius 2 is 1.89 bits per heavy atom. The molecule has 2 rings (SSSR count). The molecule has 0 N–H and O–H groups in total. The summed E-state index contributed by atoms with van der Waals surface area (Å²) in [7, 11) is 0. The van der Waals surface area contributed by atoms with Crippen molar-refractivity contribution in [1.82, 2.24) is 0 Å². The third-order valence-corrected chi connectivity index (χ3v) is 3.29. The average molecular weight is 274 g/mol. The van der Waals surface area contributed by atoms with Crippen molar-refractivity contribution in [3.63, 3.8) is 0 Å². The number of nitrogens with zero attached hydrogens (tertiary/aromatic N) is 1. The molecule has 2 nitrogen and oxygen atoms in total. The van der Waals surface area contributed by atoms with Crippen molar-refractivity contribution in [3.8, 4) is 0 Å². The smallest absolute Gasteiger partial charge is 0.152 e. The Hall–Kier alpha value is -1.80. The first kappa shape index (κ1) is 13.6. The summed E-state index contributed by atoms with van der Waals surface area (Å²) in [5, 5.41) is 0.585. The standard InChI is InChI=1S/C16H16ClNO/c1-2-18(11-13-6-4-3-5-7-13)16-9-8-15(17)10-14(16)12-19/h3-10,12H,2,11H2,1H3. The molecule has 0 aliphatic carbocycles. The number of benzene rings is 2. The fourth-order valence-electron chi connectivity index (χ4n) is 2.08. The number of hydrogen-bond donors (Lipinski definition) is 0. The summed E-state index contributed by atoms with van der Waals surface area (Å²) >= 11 is 5.93. The molecule has 0 radical (unpaired) electrons. The predicted octanol–water partition coefficient (Wildman–Crippen LogP) is 4.18. The molecule has 0 spiro atoms. The van der Waals surface area contributed by atoms with Crippen LogP contribution in [0.5, 0.6) is 0 Å². The molecule has 0 aliphatic rings. The Bertz CT molecular complexity index is 554. The molecular weight excluding hydrogens is 258 g/mol. The number of hydrogen-bond acceptors (Lipinski definition) is 2. The van der Waals surface area contributed by atoms with Crippen LogP contribution >= 0.6 is 11.6 Å². The van der Waals surface area contributed by atoms with Crippen molar-refractivity contribution in [2.24, 2.45) is 0 Å². The van der Waals surface area contributed by atoms with Crippen LogP contribution in [0.2, 0.25) is 5.02 Å². The van der Waals surface area contributed by atoms with E-state index in [1.807, 2.05) is 30.3 Å². The van der Waals surface area contributed by atoms with Crippen molar-refractivity contribution in [1.29, 1.82) is 0 Å². The zero-order chi connectivity index (χ0) is 13.7. The lowest BCUT2D eigenvalue weighted by atomic mass is 10.1. The fraction of sp³-hybridized carbons (Fsp3) is 0.188. The maximum absolute atomic E-state index is 11.2. The number of carbonyl (C=O) groups excluding carboxylic acids is 1. The highest BCUT2D eigenvalue weighted by Crippen LogP contribution is 2.24. The molecule has 0 aromatic heterocycles. The van der Waals surface area contributed by atoms with E-state index in [2.05, 4.69) is 24.0 Å². The van der Waals surface area contributed by atoms with E-state index in [9.17, 15) is 4.79 Å². The van der Waals surface area contributed by atoms with Gasteiger partial charge in [0.2, 0.25) is 0 Å². The second-order valence-corrected chi connectivity index (χ2v) is 4.76. The van der Waals surface area contributed by atoms with Gasteiger partial charge < -0.3 is 4.90 Å². The molecule has 19 heavy (non-hydrogen) atoms. The van der Waals surface area contributed by atoms with Gasteiger partial charge in [-0.25, -0.2) is 0 Å². The third kappa shape index (κ3) is 3.36. The third-order valence-electron chi connectivity index (χ3n) is 3.06. The molecule has 3 heteroatoms. The van der Waals surface area contributed by atoms with Crippen LogP contribution in [-0.2, 0) is 6.54 Å². The summed E-state index contributed by atoms with van der Waals surface area (Å²) in [6.45, 7) is 3.68. The zero-order valence-electron chi connectivity index (χ0n) is 10.8. The summed E-state index contributed by atoms with van der Waals surface area (Å²) in [5.41, 5.74) is 2.77. The normalized spacial score (nSPS) is 10.2. The Morgan fingerprint density at radius 3 is 2.53 bits per heavy atom. The van der Waals surface area contributed by atoms with Crippen molar-refractivity contribution >= 4 is 23.6 Å². The molecule has 0 aliphatic heterocycles. The SMILES string of the molecule is CCN(Cc1ccccc1)c1ccc(Cl)cc1C=O. The van der Waals surface area contributed by atoms with Crippen LogP contribution in [0, 0.1) is 0 Å². The highest BCUT2D eigenvalue weighted by atomic mass is 35.5. The average Bonchev–Trinajstić information content (AvgIpc) is 2.46. The minimum atomic E-state index is 0.585. The lowest BCUT2D eigenvalue weighted by Crippen LogP contribution is -2.23. The largest absolute Gasteiger partial charge is 0.367 e. The first-order chi connectivity index (χ1) is 9.24. The fourth-order valence-corrected chi connectivity index (χ4v) is 2.26. The highest BCUT2D eigenvalue weighted by molar-refractivity contribution is 6.31. The molecule has 2 aromatic rings. The van der Waals surface area contributed by atoms with Crippen LogP contribution in [0.25, 0.3) is 0 Å². The van der Waals surface area contributed by atoms with Gasteiger partial charge in [0.05, 0.1) is 0 Å². The van der Waals surface area contributed by atoms with Gasteiger partial charge in [0, 0.05) is 29.4 Å². The van der Waals surface area contributed by atoms with Crippen LogP contribution in [0.4, 0.5) is 5.69 Å². The number of aldehydes is 1. The minimum absolute atomic E-state index is 0.585. The molecule has 0 atom stereocenters. The van der Waals surface area contributed by atoms with Crippen molar-refractivity contribution in [2.75, 3.05) is 11.4 Å². The number of rotatable bonds is 5. The summed E-state index contributed by atoms with van der Waals surface area (Å²) < 4.78 is 0. The van der Waals surface area contributed by atoms with E-state index in [1.54, 1.807) is 6.07 Å². The molecule has 98 valence electrons. The Morgan fingerprint density at radius 1 is 1.16 bits per heavy atom. The molecule has 2 aromatic carbocycles. The van der Waals surface area contributed by atoms with Gasteiger partial charge in [-0.2, -0.15) is 0 Å². The molecular formula is C16H16ClNO. The summed E-state index contributed by atoms with van der Waals surface area (Å²) in [6, 6.07) is 15.6. The maximum atomic E-state index is 11.2. The lowest BCUT2D eigenvalue weighted by molar-refractivity contribution is 0.112. The first-order valence-electron chi connectivity index (χ1n) is 6.28. The topological polar surface area (TPSA) is 20.3 Å². The van der Waals surface area contributed by atoms with E-state index in [0.717, 1.165) is 25.1 Å². The predicted molar refractivity (Wildman–Crippen MR) is 80.0 cm³/mol. The molecule has 0 saturated heterocycles. The van der Waals surface area contributed by atoms with Gasteiger partial charge in [0.15, 0.2) is 6.29 Å². The number of carbonyl (C=O) groups is 1. The second-order valence-electron chi connectivity index (χ2n) is 4.32. The van der Waals surface area contributed by atoms with Crippen LogP contribution in [-0.4, -0.2) is 12.8 Å². The number of halogens is 1. The molecule has 0 fully saturated rings. The van der Waals surface area contributed by atoms with Gasteiger partial charge in [-0.3, -0.25) is 4.79 Å². The van der Waals surface area contributed by atoms with Gasteiger partial charge in [0.1, 0.15) is 0 Å². The lowest BCUT2D eigenvalue weighted by Gasteiger charge is -2.24. The Kier molecular flexibility index (Phi) is 4.58. The number of anilines is 1.